The minimum atomic E-state index is -0.00107. The van der Waals surface area contributed by atoms with Crippen molar-refractivity contribution < 1.29 is 4.79 Å². The first kappa shape index (κ1) is 25.7. The van der Waals surface area contributed by atoms with E-state index in [4.69, 9.17) is 0 Å². The molecule has 0 bridgehead atoms. The number of unbranched alkanes of at least 4 members (excludes halogenated alkanes) is 1. The van der Waals surface area contributed by atoms with Crippen molar-refractivity contribution in [3.63, 3.8) is 0 Å². The molecule has 184 valence electrons. The highest BCUT2D eigenvalue weighted by molar-refractivity contribution is 5.94. The molecule has 2 aromatic heterocycles. The van der Waals surface area contributed by atoms with Crippen LogP contribution in [0, 0.1) is 5.92 Å². The van der Waals surface area contributed by atoms with Crippen LogP contribution in [-0.2, 0) is 19.3 Å². The van der Waals surface area contributed by atoms with Crippen LogP contribution in [0.5, 0.6) is 0 Å². The van der Waals surface area contributed by atoms with Gasteiger partial charge in [-0.15, -0.1) is 0 Å². The van der Waals surface area contributed by atoms with Gasteiger partial charge in [-0.3, -0.25) is 9.69 Å². The third-order valence-electron chi connectivity index (χ3n) is 6.27. The maximum absolute atomic E-state index is 12.6. The zero-order valence-corrected chi connectivity index (χ0v) is 21.1. The van der Waals surface area contributed by atoms with Crippen molar-refractivity contribution in [1.29, 1.82) is 0 Å². The minimum absolute atomic E-state index is 0.00107. The van der Waals surface area contributed by atoms with Crippen molar-refractivity contribution in [2.24, 2.45) is 5.92 Å². The van der Waals surface area contributed by atoms with E-state index in [9.17, 15) is 4.79 Å². The molecule has 1 aromatic carbocycles. The molecular formula is C27H40N6O. The summed E-state index contributed by atoms with van der Waals surface area (Å²) in [5.74, 6) is 2.32. The third-order valence-corrected chi connectivity index (χ3v) is 6.27. The summed E-state index contributed by atoms with van der Waals surface area (Å²) in [4.78, 5) is 30.3. The molecule has 0 aliphatic rings. The van der Waals surface area contributed by atoms with Crippen molar-refractivity contribution in [2.45, 2.75) is 71.9 Å². The van der Waals surface area contributed by atoms with Gasteiger partial charge in [0.25, 0.3) is 5.91 Å². The normalized spacial score (nSPS) is 11.8. The average Bonchev–Trinajstić information content (AvgIpc) is 3.50. The van der Waals surface area contributed by atoms with E-state index < -0.39 is 0 Å². The first-order valence-electron chi connectivity index (χ1n) is 12.5. The summed E-state index contributed by atoms with van der Waals surface area (Å²) >= 11 is 0. The second-order valence-corrected chi connectivity index (χ2v) is 9.64. The fourth-order valence-electron chi connectivity index (χ4n) is 4.54. The summed E-state index contributed by atoms with van der Waals surface area (Å²) in [7, 11) is 0. The highest BCUT2D eigenvalue weighted by atomic mass is 16.1. The fourth-order valence-corrected chi connectivity index (χ4v) is 4.54. The van der Waals surface area contributed by atoms with Gasteiger partial charge in [-0.1, -0.05) is 12.1 Å². The number of hydrogen-bond donors (Lipinski definition) is 3. The number of nitrogens with one attached hydrogen (secondary N) is 3. The van der Waals surface area contributed by atoms with Crippen molar-refractivity contribution in [3.8, 4) is 0 Å². The predicted molar refractivity (Wildman–Crippen MR) is 137 cm³/mol. The van der Waals surface area contributed by atoms with Crippen molar-refractivity contribution >= 4 is 5.91 Å². The Morgan fingerprint density at radius 3 is 1.97 bits per heavy atom. The molecule has 2 heterocycles. The Morgan fingerprint density at radius 1 is 0.882 bits per heavy atom. The number of benzene rings is 1. The first-order chi connectivity index (χ1) is 16.4. The Kier molecular flexibility index (Phi) is 9.89. The Labute approximate surface area is 203 Å². The maximum Gasteiger partial charge on any atom is 0.251 e. The smallest absolute Gasteiger partial charge is 0.251 e. The lowest BCUT2D eigenvalue weighted by molar-refractivity contribution is 0.0951. The third kappa shape index (κ3) is 8.13. The fraction of sp³-hybridized carbons (Fsp3) is 0.519. The maximum atomic E-state index is 12.6. The van der Waals surface area contributed by atoms with Gasteiger partial charge in [-0.25, -0.2) is 9.97 Å². The minimum Gasteiger partial charge on any atom is -0.352 e. The van der Waals surface area contributed by atoms with E-state index in [1.54, 1.807) is 12.4 Å². The molecule has 0 saturated carbocycles. The van der Waals surface area contributed by atoms with E-state index in [0.29, 0.717) is 30.1 Å². The van der Waals surface area contributed by atoms with E-state index in [1.807, 2.05) is 24.5 Å². The van der Waals surface area contributed by atoms with Crippen LogP contribution in [0.4, 0.5) is 0 Å². The molecule has 34 heavy (non-hydrogen) atoms. The van der Waals surface area contributed by atoms with E-state index in [-0.39, 0.29) is 5.91 Å². The van der Waals surface area contributed by atoms with Gasteiger partial charge in [0.1, 0.15) is 11.6 Å². The number of carbonyl (C=O) groups excluding carboxylic acids is 1. The largest absolute Gasteiger partial charge is 0.352 e. The van der Waals surface area contributed by atoms with Gasteiger partial charge < -0.3 is 15.3 Å². The van der Waals surface area contributed by atoms with Gasteiger partial charge in [-0.2, -0.15) is 0 Å². The number of carbonyl (C=O) groups is 1. The zero-order chi connectivity index (χ0) is 24.3. The van der Waals surface area contributed by atoms with E-state index in [2.05, 4.69) is 70.0 Å². The second kappa shape index (κ2) is 13.1. The predicted octanol–water partition coefficient (Wildman–Crippen LogP) is 4.41. The van der Waals surface area contributed by atoms with Crippen molar-refractivity contribution in [2.75, 3.05) is 13.1 Å². The Bertz CT molecular complexity index is 903. The molecule has 7 heteroatoms. The molecule has 0 saturated heterocycles. The van der Waals surface area contributed by atoms with Crippen LogP contribution in [0.3, 0.4) is 0 Å². The van der Waals surface area contributed by atoms with Crippen LogP contribution in [-0.4, -0.2) is 55.9 Å². The van der Waals surface area contributed by atoms with Gasteiger partial charge in [0.05, 0.1) is 0 Å². The molecule has 0 radical (unpaired) electrons. The Morgan fingerprint density at radius 2 is 1.47 bits per heavy atom. The first-order valence-corrected chi connectivity index (χ1v) is 12.5. The molecule has 7 nitrogen and oxygen atoms in total. The molecular weight excluding hydrogens is 424 g/mol. The number of amides is 1. The molecule has 0 atom stereocenters. The van der Waals surface area contributed by atoms with Crippen LogP contribution >= 0.6 is 0 Å². The average molecular weight is 465 g/mol. The number of nitrogens with zero attached hydrogens (tertiary/aromatic N) is 3. The monoisotopic (exact) mass is 464 g/mol. The van der Waals surface area contributed by atoms with Crippen LogP contribution in [0.25, 0.3) is 0 Å². The summed E-state index contributed by atoms with van der Waals surface area (Å²) < 4.78 is 0. The van der Waals surface area contributed by atoms with Gasteiger partial charge in [-0.05, 0) is 77.1 Å². The molecule has 1 amide bonds. The van der Waals surface area contributed by atoms with Gasteiger partial charge in [0.15, 0.2) is 0 Å². The molecule has 0 spiro atoms. The molecule has 3 N–H and O–H groups in total. The molecule has 0 aliphatic carbocycles. The van der Waals surface area contributed by atoms with Crippen LogP contribution < -0.4 is 5.32 Å². The number of aromatic nitrogens is 4. The summed E-state index contributed by atoms with van der Waals surface area (Å²) in [6.07, 6.45) is 12.0. The molecule has 0 unspecified atom stereocenters. The number of hydrogen-bond acceptors (Lipinski definition) is 4. The Balaban J connectivity index is 1.47. The van der Waals surface area contributed by atoms with E-state index >= 15 is 0 Å². The topological polar surface area (TPSA) is 89.7 Å². The van der Waals surface area contributed by atoms with Gasteiger partial charge in [0, 0.05) is 61.8 Å². The number of H-pyrrole nitrogens is 2. The zero-order valence-electron chi connectivity index (χ0n) is 21.1. The van der Waals surface area contributed by atoms with Crippen LogP contribution in [0.1, 0.15) is 68.1 Å². The highest BCUT2D eigenvalue weighted by Crippen LogP contribution is 2.17. The van der Waals surface area contributed by atoms with Gasteiger partial charge in [0.2, 0.25) is 0 Å². The lowest BCUT2D eigenvalue weighted by atomic mass is 9.92. The standard InChI is InChI=1S/C27H40N6O/c1-20(2)33(21(3)4)16-6-5-11-32-27(34)24-9-7-22(8-10-24)17-23(18-25-28-12-13-29-25)19-26-30-14-15-31-26/h7-10,12-15,20-21,23H,5-6,11,16-19H2,1-4H3,(H,28,29)(H,30,31)(H,32,34). The number of aromatic amines is 2. The summed E-state index contributed by atoms with van der Waals surface area (Å²) in [6, 6.07) is 9.09. The Hall–Kier alpha value is -2.93. The summed E-state index contributed by atoms with van der Waals surface area (Å²) in [5, 5.41) is 3.07. The summed E-state index contributed by atoms with van der Waals surface area (Å²) in [6.45, 7) is 10.7. The van der Waals surface area contributed by atoms with Gasteiger partial charge >= 0.3 is 0 Å². The lowest BCUT2D eigenvalue weighted by Crippen LogP contribution is -2.38. The van der Waals surface area contributed by atoms with E-state index in [1.165, 1.54) is 5.56 Å². The SMILES string of the molecule is CC(C)N(CCCCNC(=O)c1ccc(CC(Cc2ncc[nH]2)Cc2ncc[nH]2)cc1)C(C)C. The van der Waals surface area contributed by atoms with E-state index in [0.717, 1.165) is 50.3 Å². The molecule has 0 aliphatic heterocycles. The van der Waals surface area contributed by atoms with Crippen LogP contribution in [0.15, 0.2) is 49.1 Å². The lowest BCUT2D eigenvalue weighted by Gasteiger charge is -2.30. The van der Waals surface area contributed by atoms with Crippen molar-refractivity contribution in [1.82, 2.24) is 30.2 Å². The molecule has 3 aromatic rings. The highest BCUT2D eigenvalue weighted by Gasteiger charge is 2.16. The molecule has 3 rings (SSSR count). The number of rotatable bonds is 14. The quantitative estimate of drug-likeness (QED) is 0.308. The second-order valence-electron chi connectivity index (χ2n) is 9.64. The van der Waals surface area contributed by atoms with Crippen molar-refractivity contribution in [3.05, 3.63) is 71.8 Å². The number of imidazole rings is 2. The molecule has 0 fully saturated rings. The summed E-state index contributed by atoms with van der Waals surface area (Å²) in [5.41, 5.74) is 1.92. The van der Waals surface area contributed by atoms with Crippen LogP contribution in [0.2, 0.25) is 0 Å².